The van der Waals surface area contributed by atoms with E-state index in [9.17, 15) is 13.2 Å². The predicted octanol–water partition coefficient (Wildman–Crippen LogP) is 0.814. The highest BCUT2D eigenvalue weighted by molar-refractivity contribution is 7.89. The summed E-state index contributed by atoms with van der Waals surface area (Å²) < 4.78 is 37.2. The van der Waals surface area contributed by atoms with Crippen molar-refractivity contribution in [2.24, 2.45) is 5.41 Å². The summed E-state index contributed by atoms with van der Waals surface area (Å²) in [6.45, 7) is 7.32. The van der Waals surface area contributed by atoms with E-state index in [0.29, 0.717) is 5.82 Å². The van der Waals surface area contributed by atoms with Gasteiger partial charge in [-0.15, -0.1) is 0 Å². The molecule has 0 radical (unpaired) electrons. The van der Waals surface area contributed by atoms with E-state index >= 15 is 0 Å². The van der Waals surface area contributed by atoms with E-state index in [0.717, 1.165) is 0 Å². The van der Waals surface area contributed by atoms with Crippen LogP contribution in [0.4, 0.5) is 0 Å². The number of carbonyl (C=O) groups is 1. The van der Waals surface area contributed by atoms with E-state index in [1.807, 2.05) is 20.8 Å². The number of ether oxygens (including phenoxy) is 1. The van der Waals surface area contributed by atoms with Crippen LogP contribution in [0.2, 0.25) is 0 Å². The Bertz CT molecular complexity index is 824. The van der Waals surface area contributed by atoms with Gasteiger partial charge in [0.15, 0.2) is 5.82 Å². The minimum absolute atomic E-state index is 0.0867. The molecule has 0 amide bonds. The van der Waals surface area contributed by atoms with Crippen LogP contribution in [0, 0.1) is 5.41 Å². The lowest BCUT2D eigenvalue weighted by molar-refractivity contribution is -0.142. The smallest absolute Gasteiger partial charge is 0.306 e. The number of H-pyrrole nitrogens is 1. The Labute approximate surface area is 151 Å². The molecule has 0 aliphatic rings. The van der Waals surface area contributed by atoms with Crippen molar-refractivity contribution in [3.05, 3.63) is 12.2 Å². The Morgan fingerprint density at radius 2 is 2.15 bits per heavy atom. The van der Waals surface area contributed by atoms with Crippen molar-refractivity contribution in [2.75, 3.05) is 12.4 Å². The third kappa shape index (κ3) is 5.33. The average molecular weight is 386 g/mol. The third-order valence-corrected chi connectivity index (χ3v) is 4.70. The molecule has 0 unspecified atom stereocenters. The van der Waals surface area contributed by atoms with Gasteiger partial charge in [0.05, 0.1) is 18.8 Å². The summed E-state index contributed by atoms with van der Waals surface area (Å²) in [6.07, 6.45) is 1.05. The van der Waals surface area contributed by atoms with Gasteiger partial charge in [-0.2, -0.15) is 10.1 Å². The summed E-state index contributed by atoms with van der Waals surface area (Å²) in [5.41, 5.74) is -0.567. The summed E-state index contributed by atoms with van der Waals surface area (Å²) >= 11 is 0. The first kappa shape index (κ1) is 20.0. The van der Waals surface area contributed by atoms with Crippen molar-refractivity contribution in [3.8, 4) is 11.6 Å². The SMILES string of the molecule is CCOC(=O)CCS(=O)(=O)N[C@H](c1nc(-c2ncn[nH]2)no1)C(C)(C)C. The van der Waals surface area contributed by atoms with E-state index in [4.69, 9.17) is 9.26 Å². The lowest BCUT2D eigenvalue weighted by Gasteiger charge is -2.28. The first-order valence-electron chi connectivity index (χ1n) is 7.97. The van der Waals surface area contributed by atoms with Gasteiger partial charge < -0.3 is 9.26 Å². The van der Waals surface area contributed by atoms with Crippen molar-refractivity contribution in [3.63, 3.8) is 0 Å². The van der Waals surface area contributed by atoms with Gasteiger partial charge in [0, 0.05) is 0 Å². The molecule has 12 heteroatoms. The molecule has 0 spiro atoms. The highest BCUT2D eigenvalue weighted by Crippen LogP contribution is 2.33. The number of hydrogen-bond acceptors (Lipinski definition) is 9. The quantitative estimate of drug-likeness (QED) is 0.627. The molecule has 2 rings (SSSR count). The Kier molecular flexibility index (Phi) is 6.08. The Hall–Kier alpha value is -2.34. The molecule has 2 heterocycles. The van der Waals surface area contributed by atoms with Gasteiger partial charge in [-0.3, -0.25) is 9.89 Å². The van der Waals surface area contributed by atoms with Crippen molar-refractivity contribution in [2.45, 2.75) is 40.2 Å². The highest BCUT2D eigenvalue weighted by Gasteiger charge is 2.35. The predicted molar refractivity (Wildman–Crippen MR) is 90.0 cm³/mol. The second-order valence-electron chi connectivity index (χ2n) is 6.58. The number of nitrogens with zero attached hydrogens (tertiary/aromatic N) is 4. The fourth-order valence-electron chi connectivity index (χ4n) is 2.05. The number of carbonyl (C=O) groups excluding carboxylic acids is 1. The molecule has 2 aromatic rings. The first-order chi connectivity index (χ1) is 12.1. The second-order valence-corrected chi connectivity index (χ2v) is 8.45. The number of aromatic nitrogens is 5. The fourth-order valence-corrected chi connectivity index (χ4v) is 3.42. The summed E-state index contributed by atoms with van der Waals surface area (Å²) in [6, 6.07) is -0.793. The monoisotopic (exact) mass is 386 g/mol. The zero-order valence-electron chi connectivity index (χ0n) is 15.0. The molecule has 11 nitrogen and oxygen atoms in total. The number of hydrogen-bond donors (Lipinski definition) is 2. The van der Waals surface area contributed by atoms with Gasteiger partial charge in [-0.1, -0.05) is 25.9 Å². The number of rotatable bonds is 8. The summed E-state index contributed by atoms with van der Waals surface area (Å²) in [7, 11) is -3.78. The molecule has 2 aromatic heterocycles. The molecule has 26 heavy (non-hydrogen) atoms. The molecular weight excluding hydrogens is 364 g/mol. The lowest BCUT2D eigenvalue weighted by atomic mass is 9.87. The van der Waals surface area contributed by atoms with Gasteiger partial charge >= 0.3 is 5.97 Å². The minimum Gasteiger partial charge on any atom is -0.466 e. The molecular formula is C14H22N6O5S. The normalized spacial score (nSPS) is 13.5. The molecule has 0 aliphatic heterocycles. The summed E-state index contributed by atoms with van der Waals surface area (Å²) in [5, 5.41) is 10.1. The van der Waals surface area contributed by atoms with Crippen LogP contribution in [-0.2, 0) is 19.6 Å². The van der Waals surface area contributed by atoms with Gasteiger partial charge in [-0.25, -0.2) is 18.1 Å². The average Bonchev–Trinajstić information content (AvgIpc) is 3.21. The van der Waals surface area contributed by atoms with E-state index in [2.05, 4.69) is 30.0 Å². The standard InChI is InChI=1S/C14H22N6O5S/c1-5-24-9(21)6-7-26(22,23)20-10(14(2,3)4)13-17-12(19-25-13)11-15-8-16-18-11/h8,10,20H,5-7H2,1-4H3,(H,15,16,18)/t10-/m1/s1. The number of aromatic amines is 1. The van der Waals surface area contributed by atoms with Crippen molar-refractivity contribution in [1.82, 2.24) is 30.0 Å². The number of sulfonamides is 1. The maximum Gasteiger partial charge on any atom is 0.306 e. The van der Waals surface area contributed by atoms with Crippen LogP contribution in [0.15, 0.2) is 10.9 Å². The largest absolute Gasteiger partial charge is 0.466 e. The van der Waals surface area contributed by atoms with Crippen LogP contribution in [-0.4, -0.2) is 52.1 Å². The Morgan fingerprint density at radius 1 is 1.42 bits per heavy atom. The Balaban J connectivity index is 2.17. The van der Waals surface area contributed by atoms with Crippen LogP contribution < -0.4 is 4.72 Å². The second kappa shape index (κ2) is 7.91. The number of nitrogens with one attached hydrogen (secondary N) is 2. The van der Waals surface area contributed by atoms with Crippen LogP contribution in [0.25, 0.3) is 11.6 Å². The molecule has 0 saturated heterocycles. The molecule has 0 aliphatic carbocycles. The highest BCUT2D eigenvalue weighted by atomic mass is 32.2. The summed E-state index contributed by atoms with van der Waals surface area (Å²) in [4.78, 5) is 19.5. The third-order valence-electron chi connectivity index (χ3n) is 3.36. The van der Waals surface area contributed by atoms with Crippen molar-refractivity contribution in [1.29, 1.82) is 0 Å². The molecule has 1 atom stereocenters. The van der Waals surface area contributed by atoms with Crippen molar-refractivity contribution >= 4 is 16.0 Å². The molecule has 0 fully saturated rings. The summed E-state index contributed by atoms with van der Waals surface area (Å²) in [5.74, 6) is -0.420. The van der Waals surface area contributed by atoms with Crippen LogP contribution in [0.5, 0.6) is 0 Å². The maximum absolute atomic E-state index is 12.4. The number of esters is 1. The molecule has 2 N–H and O–H groups in total. The molecule has 0 bridgehead atoms. The lowest BCUT2D eigenvalue weighted by Crippen LogP contribution is -2.38. The maximum atomic E-state index is 12.4. The van der Waals surface area contributed by atoms with Crippen LogP contribution in [0.3, 0.4) is 0 Å². The van der Waals surface area contributed by atoms with E-state index in [1.165, 1.54) is 6.33 Å². The minimum atomic E-state index is -3.78. The van der Waals surface area contributed by atoms with E-state index < -0.39 is 33.2 Å². The molecule has 0 aromatic carbocycles. The van der Waals surface area contributed by atoms with Gasteiger partial charge in [0.25, 0.3) is 0 Å². The van der Waals surface area contributed by atoms with Gasteiger partial charge in [0.1, 0.15) is 12.4 Å². The van der Waals surface area contributed by atoms with Gasteiger partial charge in [-0.05, 0) is 12.3 Å². The molecule has 144 valence electrons. The zero-order chi connectivity index (χ0) is 19.4. The van der Waals surface area contributed by atoms with Crippen molar-refractivity contribution < 1.29 is 22.5 Å². The van der Waals surface area contributed by atoms with Gasteiger partial charge in [0.2, 0.25) is 21.7 Å². The fraction of sp³-hybridized carbons (Fsp3) is 0.643. The Morgan fingerprint density at radius 3 is 2.73 bits per heavy atom. The van der Waals surface area contributed by atoms with Crippen LogP contribution >= 0.6 is 0 Å². The molecule has 0 saturated carbocycles. The first-order valence-corrected chi connectivity index (χ1v) is 9.62. The topological polar surface area (TPSA) is 153 Å². The zero-order valence-corrected chi connectivity index (χ0v) is 15.8. The van der Waals surface area contributed by atoms with E-state index in [1.54, 1.807) is 6.92 Å². The van der Waals surface area contributed by atoms with Crippen LogP contribution in [0.1, 0.15) is 46.0 Å². The van der Waals surface area contributed by atoms with E-state index in [-0.39, 0.29) is 24.7 Å².